The van der Waals surface area contributed by atoms with Crippen LogP contribution >= 0.6 is 0 Å². The van der Waals surface area contributed by atoms with Crippen LogP contribution in [0.3, 0.4) is 0 Å². The molecule has 1 aromatic heterocycles. The number of carbonyl (C=O) groups excluding carboxylic acids is 1. The van der Waals surface area contributed by atoms with Crippen molar-refractivity contribution in [2.75, 3.05) is 25.9 Å². The number of carbonyl (C=O) groups is 1. The molecule has 5 nitrogen and oxygen atoms in total. The predicted octanol–water partition coefficient (Wildman–Crippen LogP) is 0.915. The molecule has 2 rings (SSSR count). The van der Waals surface area contributed by atoms with Crippen molar-refractivity contribution >= 4 is 11.6 Å². The molecule has 0 saturated carbocycles. The number of nitrogens with two attached hydrogens (primary N) is 1. The Morgan fingerprint density at radius 3 is 3.18 bits per heavy atom. The van der Waals surface area contributed by atoms with Crippen LogP contribution in [-0.2, 0) is 4.74 Å². The van der Waals surface area contributed by atoms with E-state index in [-0.39, 0.29) is 12.0 Å². The highest BCUT2D eigenvalue weighted by Gasteiger charge is 2.25. The number of nitrogen functional groups attached to an aromatic ring is 1. The minimum absolute atomic E-state index is 0.107. The molecule has 17 heavy (non-hydrogen) atoms. The van der Waals surface area contributed by atoms with Crippen LogP contribution < -0.4 is 5.73 Å². The molecular weight excluding hydrogens is 218 g/mol. The van der Waals surface area contributed by atoms with Crippen LogP contribution in [0.1, 0.15) is 23.3 Å². The highest BCUT2D eigenvalue weighted by atomic mass is 16.5. The van der Waals surface area contributed by atoms with Crippen molar-refractivity contribution in [3.63, 3.8) is 0 Å². The average Bonchev–Trinajstić information content (AvgIpc) is 2.38. The molecule has 0 aliphatic carbocycles. The lowest BCUT2D eigenvalue weighted by atomic mass is 10.1. The number of likely N-dealkylation sites (tertiary alicyclic amines) is 1. The standard InChI is InChI=1S/C12H17N3O2/c1-17-9-4-3-7-15(8-9)12(16)11-10(13)5-2-6-14-11/h2,5-6,9H,3-4,7-8,13H2,1H3. The Morgan fingerprint density at radius 1 is 1.65 bits per heavy atom. The molecule has 1 fully saturated rings. The van der Waals surface area contributed by atoms with Gasteiger partial charge in [0.25, 0.3) is 5.91 Å². The molecule has 0 aromatic carbocycles. The van der Waals surface area contributed by atoms with Gasteiger partial charge in [0, 0.05) is 26.4 Å². The molecule has 1 unspecified atom stereocenters. The monoisotopic (exact) mass is 235 g/mol. The number of pyridine rings is 1. The third-order valence-corrected chi connectivity index (χ3v) is 3.04. The molecule has 2 heterocycles. The van der Waals surface area contributed by atoms with Crippen LogP contribution in [0.25, 0.3) is 0 Å². The summed E-state index contributed by atoms with van der Waals surface area (Å²) in [4.78, 5) is 18.0. The van der Waals surface area contributed by atoms with Gasteiger partial charge in [0.2, 0.25) is 0 Å². The zero-order valence-corrected chi connectivity index (χ0v) is 9.93. The number of hydrogen-bond acceptors (Lipinski definition) is 4. The van der Waals surface area contributed by atoms with Crippen molar-refractivity contribution in [2.45, 2.75) is 18.9 Å². The van der Waals surface area contributed by atoms with Crippen molar-refractivity contribution in [1.82, 2.24) is 9.88 Å². The molecule has 1 saturated heterocycles. The van der Waals surface area contributed by atoms with E-state index < -0.39 is 0 Å². The van der Waals surface area contributed by atoms with Gasteiger partial charge in [-0.1, -0.05) is 0 Å². The van der Waals surface area contributed by atoms with Gasteiger partial charge in [-0.3, -0.25) is 4.79 Å². The van der Waals surface area contributed by atoms with Crippen LogP contribution in [-0.4, -0.2) is 42.1 Å². The highest BCUT2D eigenvalue weighted by Crippen LogP contribution is 2.17. The summed E-state index contributed by atoms with van der Waals surface area (Å²) in [5.41, 5.74) is 6.52. The largest absolute Gasteiger partial charge is 0.397 e. The van der Waals surface area contributed by atoms with E-state index in [1.165, 1.54) is 0 Å². The molecule has 5 heteroatoms. The van der Waals surface area contributed by atoms with Crippen molar-refractivity contribution in [1.29, 1.82) is 0 Å². The lowest BCUT2D eigenvalue weighted by Crippen LogP contribution is -2.43. The number of nitrogens with zero attached hydrogens (tertiary/aromatic N) is 2. The maximum atomic E-state index is 12.2. The summed E-state index contributed by atoms with van der Waals surface area (Å²) in [6.45, 7) is 1.36. The van der Waals surface area contributed by atoms with Gasteiger partial charge in [-0.15, -0.1) is 0 Å². The molecule has 0 bridgehead atoms. The maximum Gasteiger partial charge on any atom is 0.274 e. The summed E-state index contributed by atoms with van der Waals surface area (Å²) in [6.07, 6.45) is 3.66. The van der Waals surface area contributed by atoms with E-state index in [0.717, 1.165) is 19.4 Å². The second-order valence-electron chi connectivity index (χ2n) is 4.19. The first kappa shape index (κ1) is 11.9. The Morgan fingerprint density at radius 2 is 2.47 bits per heavy atom. The van der Waals surface area contributed by atoms with Crippen LogP contribution in [0.15, 0.2) is 18.3 Å². The fraction of sp³-hybridized carbons (Fsp3) is 0.500. The van der Waals surface area contributed by atoms with Crippen molar-refractivity contribution in [3.8, 4) is 0 Å². The Labute approximate surface area is 101 Å². The fourth-order valence-electron chi connectivity index (χ4n) is 2.06. The lowest BCUT2D eigenvalue weighted by molar-refractivity contribution is 0.0266. The third kappa shape index (κ3) is 2.55. The second kappa shape index (κ2) is 5.14. The average molecular weight is 235 g/mol. The minimum atomic E-state index is -0.107. The van der Waals surface area contributed by atoms with E-state index in [1.54, 1.807) is 30.3 Å². The predicted molar refractivity (Wildman–Crippen MR) is 64.6 cm³/mol. The van der Waals surface area contributed by atoms with Gasteiger partial charge < -0.3 is 15.4 Å². The molecule has 1 aliphatic heterocycles. The van der Waals surface area contributed by atoms with Gasteiger partial charge in [-0.05, 0) is 25.0 Å². The van der Waals surface area contributed by atoms with Crippen molar-refractivity contribution in [3.05, 3.63) is 24.0 Å². The summed E-state index contributed by atoms with van der Waals surface area (Å²) in [7, 11) is 1.67. The molecule has 0 spiro atoms. The quantitative estimate of drug-likeness (QED) is 0.827. The molecular formula is C12H17N3O2. The summed E-state index contributed by atoms with van der Waals surface area (Å²) in [5, 5.41) is 0. The summed E-state index contributed by atoms with van der Waals surface area (Å²) < 4.78 is 5.29. The first-order chi connectivity index (χ1) is 8.22. The first-order valence-electron chi connectivity index (χ1n) is 5.75. The number of anilines is 1. The normalized spacial score (nSPS) is 20.3. The Balaban J connectivity index is 2.12. The minimum Gasteiger partial charge on any atom is -0.397 e. The molecule has 0 radical (unpaired) electrons. The van der Waals surface area contributed by atoms with E-state index in [2.05, 4.69) is 4.98 Å². The third-order valence-electron chi connectivity index (χ3n) is 3.04. The van der Waals surface area contributed by atoms with E-state index in [4.69, 9.17) is 10.5 Å². The van der Waals surface area contributed by atoms with Crippen LogP contribution in [0.4, 0.5) is 5.69 Å². The van der Waals surface area contributed by atoms with Crippen LogP contribution in [0, 0.1) is 0 Å². The zero-order valence-electron chi connectivity index (χ0n) is 9.93. The van der Waals surface area contributed by atoms with Gasteiger partial charge in [-0.25, -0.2) is 4.98 Å². The summed E-state index contributed by atoms with van der Waals surface area (Å²) in [5.74, 6) is -0.107. The van der Waals surface area contributed by atoms with Gasteiger partial charge >= 0.3 is 0 Å². The molecule has 1 aliphatic rings. The van der Waals surface area contributed by atoms with Crippen LogP contribution in [0.5, 0.6) is 0 Å². The number of amides is 1. The molecule has 1 amide bonds. The van der Waals surface area contributed by atoms with Gasteiger partial charge in [0.1, 0.15) is 0 Å². The summed E-state index contributed by atoms with van der Waals surface area (Å²) in [6, 6.07) is 3.41. The van der Waals surface area contributed by atoms with Crippen LogP contribution in [0.2, 0.25) is 0 Å². The molecule has 1 atom stereocenters. The summed E-state index contributed by atoms with van der Waals surface area (Å²) >= 11 is 0. The Hall–Kier alpha value is -1.62. The number of piperidine rings is 1. The second-order valence-corrected chi connectivity index (χ2v) is 4.19. The number of rotatable bonds is 2. The van der Waals surface area contributed by atoms with E-state index >= 15 is 0 Å². The Bertz CT molecular complexity index is 408. The molecule has 2 N–H and O–H groups in total. The van der Waals surface area contributed by atoms with Crippen molar-refractivity contribution < 1.29 is 9.53 Å². The lowest BCUT2D eigenvalue weighted by Gasteiger charge is -2.31. The zero-order chi connectivity index (χ0) is 12.3. The van der Waals surface area contributed by atoms with Crippen molar-refractivity contribution in [2.24, 2.45) is 0 Å². The Kier molecular flexibility index (Phi) is 3.58. The van der Waals surface area contributed by atoms with E-state index in [1.807, 2.05) is 0 Å². The number of hydrogen-bond donors (Lipinski definition) is 1. The van der Waals surface area contributed by atoms with Gasteiger partial charge in [-0.2, -0.15) is 0 Å². The fourth-order valence-corrected chi connectivity index (χ4v) is 2.06. The smallest absolute Gasteiger partial charge is 0.274 e. The number of methoxy groups -OCH3 is 1. The van der Waals surface area contributed by atoms with Gasteiger partial charge in [0.15, 0.2) is 5.69 Å². The first-order valence-corrected chi connectivity index (χ1v) is 5.75. The highest BCUT2D eigenvalue weighted by molar-refractivity contribution is 5.97. The van der Waals surface area contributed by atoms with E-state index in [9.17, 15) is 4.79 Å². The topological polar surface area (TPSA) is 68.5 Å². The molecule has 1 aromatic rings. The van der Waals surface area contributed by atoms with E-state index in [0.29, 0.717) is 17.9 Å². The molecule has 92 valence electrons. The maximum absolute atomic E-state index is 12.2. The number of ether oxygens (including phenoxy) is 1. The van der Waals surface area contributed by atoms with Gasteiger partial charge in [0.05, 0.1) is 11.8 Å². The SMILES string of the molecule is COC1CCCN(C(=O)c2ncccc2N)C1. The number of aromatic nitrogens is 1.